The summed E-state index contributed by atoms with van der Waals surface area (Å²) < 4.78 is 25.9. The fraction of sp³-hybridized carbons (Fsp3) is 0.538. The van der Waals surface area contributed by atoms with Gasteiger partial charge in [-0.1, -0.05) is 30.3 Å². The lowest BCUT2D eigenvalue weighted by Gasteiger charge is -2.25. The van der Waals surface area contributed by atoms with E-state index < -0.39 is 10.0 Å². The van der Waals surface area contributed by atoms with Crippen LogP contribution in [0.5, 0.6) is 0 Å². The van der Waals surface area contributed by atoms with Crippen LogP contribution < -0.4 is 0 Å². The highest BCUT2D eigenvalue weighted by Crippen LogP contribution is 2.10. The lowest BCUT2D eigenvalue weighted by Crippen LogP contribution is -2.40. The molecule has 18 heavy (non-hydrogen) atoms. The van der Waals surface area contributed by atoms with Gasteiger partial charge in [-0.05, 0) is 25.8 Å². The Kier molecular flexibility index (Phi) is 6.12. The highest BCUT2D eigenvalue weighted by Gasteiger charge is 2.23. The summed E-state index contributed by atoms with van der Waals surface area (Å²) in [4.78, 5) is 0. The Morgan fingerprint density at radius 1 is 1.22 bits per heavy atom. The number of benzene rings is 1. The molecule has 0 saturated carbocycles. The van der Waals surface area contributed by atoms with Crippen molar-refractivity contribution in [1.29, 1.82) is 0 Å². The zero-order valence-electron chi connectivity index (χ0n) is 10.8. The minimum absolute atomic E-state index is 0.0514. The van der Waals surface area contributed by atoms with E-state index in [9.17, 15) is 8.42 Å². The maximum atomic E-state index is 12.2. The molecule has 0 N–H and O–H groups in total. The topological polar surface area (TPSA) is 37.4 Å². The third-order valence-corrected chi connectivity index (χ3v) is 4.94. The zero-order valence-corrected chi connectivity index (χ0v) is 12.4. The first-order valence-corrected chi connectivity index (χ1v) is 8.21. The summed E-state index contributed by atoms with van der Waals surface area (Å²) in [6.07, 6.45) is 0.536. The second-order valence-electron chi connectivity index (χ2n) is 4.45. The van der Waals surface area contributed by atoms with Crippen LogP contribution in [0.4, 0.5) is 0 Å². The van der Waals surface area contributed by atoms with Crippen molar-refractivity contribution in [2.45, 2.75) is 26.3 Å². The molecule has 0 aliphatic carbocycles. The monoisotopic (exact) mass is 289 g/mol. The third kappa shape index (κ3) is 4.59. The highest BCUT2D eigenvalue weighted by atomic mass is 35.5. The smallest absolute Gasteiger partial charge is 0.212 e. The zero-order chi connectivity index (χ0) is 13.6. The minimum atomic E-state index is -3.23. The van der Waals surface area contributed by atoms with Gasteiger partial charge in [0, 0.05) is 18.5 Å². The van der Waals surface area contributed by atoms with E-state index in [0.29, 0.717) is 18.8 Å². The fourth-order valence-electron chi connectivity index (χ4n) is 1.81. The molecule has 0 spiro atoms. The molecule has 1 rings (SSSR count). The number of hydrogen-bond acceptors (Lipinski definition) is 2. The first-order chi connectivity index (χ1) is 8.47. The normalized spacial score (nSPS) is 12.3. The van der Waals surface area contributed by atoms with Gasteiger partial charge in [-0.2, -0.15) is 4.31 Å². The number of alkyl halides is 1. The molecule has 0 heterocycles. The number of hydrogen-bond donors (Lipinski definition) is 0. The molecule has 0 radical (unpaired) electrons. The molecule has 0 fully saturated rings. The molecule has 0 aliphatic heterocycles. The molecular formula is C13H20ClNO2S. The first kappa shape index (κ1) is 15.5. The van der Waals surface area contributed by atoms with Crippen molar-refractivity contribution in [2.75, 3.05) is 18.2 Å². The van der Waals surface area contributed by atoms with Crippen LogP contribution in [0.3, 0.4) is 0 Å². The summed E-state index contributed by atoms with van der Waals surface area (Å²) in [6.45, 7) is 4.11. The lowest BCUT2D eigenvalue weighted by molar-refractivity contribution is 0.370. The van der Waals surface area contributed by atoms with E-state index in [2.05, 4.69) is 0 Å². The quantitative estimate of drug-likeness (QED) is 0.723. The number of halogens is 1. The Hall–Kier alpha value is -0.580. The Morgan fingerprint density at radius 2 is 1.83 bits per heavy atom. The molecule has 0 amide bonds. The molecule has 0 atom stereocenters. The summed E-state index contributed by atoms with van der Waals surface area (Å²) in [7, 11) is -3.23. The van der Waals surface area contributed by atoms with Crippen LogP contribution in [0.1, 0.15) is 19.4 Å². The molecule has 102 valence electrons. The van der Waals surface area contributed by atoms with Crippen LogP contribution in [-0.4, -0.2) is 36.9 Å². The van der Waals surface area contributed by atoms with Crippen LogP contribution in [0.15, 0.2) is 30.3 Å². The van der Waals surface area contributed by atoms with Gasteiger partial charge >= 0.3 is 0 Å². The average Bonchev–Trinajstić information content (AvgIpc) is 2.34. The van der Waals surface area contributed by atoms with Gasteiger partial charge in [0.15, 0.2) is 0 Å². The van der Waals surface area contributed by atoms with E-state index in [1.54, 1.807) is 0 Å². The number of aryl methyl sites for hydroxylation is 1. The van der Waals surface area contributed by atoms with Crippen molar-refractivity contribution in [1.82, 2.24) is 4.31 Å². The standard InChI is InChI=1S/C13H20ClNO2S/c1-12(2)15(10-9-14)18(16,17)11-8-13-6-4-3-5-7-13/h3-7,12H,8-11H2,1-2H3. The largest absolute Gasteiger partial charge is 0.214 e. The lowest BCUT2D eigenvalue weighted by atomic mass is 10.2. The summed E-state index contributed by atoms with van der Waals surface area (Å²) in [5, 5.41) is 0. The highest BCUT2D eigenvalue weighted by molar-refractivity contribution is 7.89. The molecule has 0 aromatic heterocycles. The molecular weight excluding hydrogens is 270 g/mol. The van der Waals surface area contributed by atoms with E-state index in [4.69, 9.17) is 11.6 Å². The van der Waals surface area contributed by atoms with E-state index >= 15 is 0 Å². The molecule has 1 aromatic carbocycles. The summed E-state index contributed by atoms with van der Waals surface area (Å²) in [5.74, 6) is 0.453. The Labute approximate surface area is 115 Å². The molecule has 0 unspecified atom stereocenters. The number of sulfonamides is 1. The SMILES string of the molecule is CC(C)N(CCCl)S(=O)(=O)CCc1ccccc1. The van der Waals surface area contributed by atoms with Gasteiger partial charge in [0.05, 0.1) is 5.75 Å². The molecule has 0 bridgehead atoms. The van der Waals surface area contributed by atoms with Gasteiger partial charge in [-0.3, -0.25) is 0 Å². The number of rotatable bonds is 7. The molecule has 0 aliphatic rings. The predicted molar refractivity (Wildman–Crippen MR) is 76.5 cm³/mol. The van der Waals surface area contributed by atoms with E-state index in [0.717, 1.165) is 5.56 Å². The van der Waals surface area contributed by atoms with Crippen molar-refractivity contribution < 1.29 is 8.42 Å². The van der Waals surface area contributed by atoms with Gasteiger partial charge in [0.1, 0.15) is 0 Å². The first-order valence-electron chi connectivity index (χ1n) is 6.07. The van der Waals surface area contributed by atoms with Crippen molar-refractivity contribution in [3.05, 3.63) is 35.9 Å². The fourth-order valence-corrected chi connectivity index (χ4v) is 3.83. The van der Waals surface area contributed by atoms with Crippen LogP contribution in [0, 0.1) is 0 Å². The van der Waals surface area contributed by atoms with Crippen LogP contribution in [-0.2, 0) is 16.4 Å². The summed E-state index contributed by atoms with van der Waals surface area (Å²) in [6, 6.07) is 9.59. The van der Waals surface area contributed by atoms with Crippen molar-refractivity contribution in [2.24, 2.45) is 0 Å². The van der Waals surface area contributed by atoms with E-state index in [1.165, 1.54) is 4.31 Å². The predicted octanol–water partition coefficient (Wildman–Crippen LogP) is 2.51. The molecule has 1 aromatic rings. The minimum Gasteiger partial charge on any atom is -0.212 e. The maximum Gasteiger partial charge on any atom is 0.214 e. The Morgan fingerprint density at radius 3 is 2.33 bits per heavy atom. The summed E-state index contributed by atoms with van der Waals surface area (Å²) >= 11 is 5.66. The Balaban J connectivity index is 2.68. The Bertz CT molecular complexity index is 445. The van der Waals surface area contributed by atoms with Crippen LogP contribution >= 0.6 is 11.6 Å². The molecule has 3 nitrogen and oxygen atoms in total. The van der Waals surface area contributed by atoms with E-state index in [-0.39, 0.29) is 11.8 Å². The van der Waals surface area contributed by atoms with Gasteiger partial charge in [0.25, 0.3) is 0 Å². The average molecular weight is 290 g/mol. The van der Waals surface area contributed by atoms with Crippen molar-refractivity contribution >= 4 is 21.6 Å². The van der Waals surface area contributed by atoms with Crippen molar-refractivity contribution in [3.8, 4) is 0 Å². The van der Waals surface area contributed by atoms with E-state index in [1.807, 2.05) is 44.2 Å². The van der Waals surface area contributed by atoms with Crippen LogP contribution in [0.2, 0.25) is 0 Å². The number of nitrogens with zero attached hydrogens (tertiary/aromatic N) is 1. The molecule has 5 heteroatoms. The summed E-state index contributed by atoms with van der Waals surface area (Å²) in [5.41, 5.74) is 1.04. The van der Waals surface area contributed by atoms with Gasteiger partial charge in [-0.15, -0.1) is 11.6 Å². The molecule has 0 saturated heterocycles. The maximum absolute atomic E-state index is 12.2. The van der Waals surface area contributed by atoms with Crippen LogP contribution in [0.25, 0.3) is 0 Å². The van der Waals surface area contributed by atoms with Crippen molar-refractivity contribution in [3.63, 3.8) is 0 Å². The second kappa shape index (κ2) is 7.12. The second-order valence-corrected chi connectivity index (χ2v) is 6.86. The third-order valence-electron chi connectivity index (χ3n) is 2.73. The van der Waals surface area contributed by atoms with Gasteiger partial charge < -0.3 is 0 Å². The van der Waals surface area contributed by atoms with Gasteiger partial charge in [-0.25, -0.2) is 8.42 Å². The van der Waals surface area contributed by atoms with Gasteiger partial charge in [0.2, 0.25) is 10.0 Å².